The monoisotopic (exact) mass is 780 g/mol. The number of nitrogens with one attached hydrogen (secondary N) is 2. The molecule has 0 radical (unpaired) electrons. The van der Waals surface area contributed by atoms with Crippen LogP contribution in [-0.2, 0) is 28.7 Å². The Morgan fingerprint density at radius 1 is 0.857 bits per heavy atom. The average molecular weight is 780 g/mol. The lowest BCUT2D eigenvalue weighted by Crippen LogP contribution is -2.68. The van der Waals surface area contributed by atoms with Gasteiger partial charge in [-0.15, -0.1) is 0 Å². The van der Waals surface area contributed by atoms with Crippen LogP contribution < -0.4 is 10.6 Å². The minimum atomic E-state index is -1.18. The third-order valence-electron chi connectivity index (χ3n) is 17.0. The molecule has 0 aromatic heterocycles. The zero-order valence-corrected chi connectivity index (χ0v) is 36.5. The van der Waals surface area contributed by atoms with E-state index in [0.717, 1.165) is 76.5 Å². The van der Waals surface area contributed by atoms with Crippen LogP contribution in [0.3, 0.4) is 0 Å². The van der Waals surface area contributed by atoms with E-state index in [4.69, 9.17) is 4.74 Å². The fourth-order valence-electron chi connectivity index (χ4n) is 13.7. The molecule has 1 unspecified atom stereocenters. The smallest absolute Gasteiger partial charge is 0.309 e. The van der Waals surface area contributed by atoms with Gasteiger partial charge in [-0.25, -0.2) is 0 Å². The number of rotatable bonds is 10. The summed E-state index contributed by atoms with van der Waals surface area (Å²) in [6, 6.07) is 0. The van der Waals surface area contributed by atoms with Crippen molar-refractivity contribution in [3.05, 3.63) is 11.1 Å². The van der Waals surface area contributed by atoms with Crippen LogP contribution >= 0.6 is 0 Å². The number of hydrogen-bond acceptors (Lipinski definition) is 7. The number of likely N-dealkylation sites (tertiary alicyclic amines) is 1. The molecule has 314 valence electrons. The fraction of sp³-hybridized carbons (Fsp3) is 0.848. The summed E-state index contributed by atoms with van der Waals surface area (Å²) in [5, 5.41) is 16.1. The van der Waals surface area contributed by atoms with Crippen molar-refractivity contribution in [2.75, 3.05) is 19.6 Å². The Kier molecular flexibility index (Phi) is 11.1. The minimum Gasteiger partial charge on any atom is -0.481 e. The largest absolute Gasteiger partial charge is 0.481 e. The molecule has 1 saturated heterocycles. The van der Waals surface area contributed by atoms with E-state index in [9.17, 15) is 29.1 Å². The summed E-state index contributed by atoms with van der Waals surface area (Å²) < 4.78 is 6.17. The van der Waals surface area contributed by atoms with Gasteiger partial charge in [0.2, 0.25) is 11.8 Å². The average Bonchev–Trinajstić information content (AvgIpc) is 3.38. The van der Waals surface area contributed by atoms with E-state index in [-0.39, 0.29) is 76.6 Å². The molecule has 6 rings (SSSR count). The van der Waals surface area contributed by atoms with Crippen molar-refractivity contribution in [2.45, 2.75) is 177 Å². The van der Waals surface area contributed by atoms with Crippen LogP contribution in [0.15, 0.2) is 11.1 Å². The molecule has 0 spiro atoms. The summed E-state index contributed by atoms with van der Waals surface area (Å²) in [7, 11) is 0. The summed E-state index contributed by atoms with van der Waals surface area (Å²) in [4.78, 5) is 68.7. The second kappa shape index (κ2) is 14.5. The van der Waals surface area contributed by atoms with E-state index in [1.165, 1.54) is 12.0 Å². The Hall–Kier alpha value is -2.75. The molecule has 1 heterocycles. The molecule has 1 aliphatic heterocycles. The van der Waals surface area contributed by atoms with Gasteiger partial charge in [-0.1, -0.05) is 54.9 Å². The van der Waals surface area contributed by atoms with Crippen molar-refractivity contribution in [1.82, 2.24) is 15.5 Å². The second-order valence-electron chi connectivity index (χ2n) is 21.9. The molecule has 8 atom stereocenters. The first-order valence-corrected chi connectivity index (χ1v) is 21.9. The lowest BCUT2D eigenvalue weighted by atomic mass is 9.33. The summed E-state index contributed by atoms with van der Waals surface area (Å²) in [6.07, 6.45) is 10.6. The van der Waals surface area contributed by atoms with Crippen LogP contribution in [0.5, 0.6) is 0 Å². The van der Waals surface area contributed by atoms with Crippen molar-refractivity contribution in [1.29, 1.82) is 0 Å². The van der Waals surface area contributed by atoms with Crippen LogP contribution in [0.4, 0.5) is 0 Å². The Labute approximate surface area is 336 Å². The van der Waals surface area contributed by atoms with Crippen molar-refractivity contribution in [2.24, 2.45) is 50.7 Å². The highest BCUT2D eigenvalue weighted by Crippen LogP contribution is 2.76. The maximum atomic E-state index is 14.3. The molecule has 10 nitrogen and oxygen atoms in total. The van der Waals surface area contributed by atoms with Crippen molar-refractivity contribution >= 4 is 29.5 Å². The highest BCUT2D eigenvalue weighted by Gasteiger charge is 2.70. The number of hydrogen-bond donors (Lipinski definition) is 3. The maximum Gasteiger partial charge on any atom is 0.309 e. The Morgan fingerprint density at radius 2 is 1.52 bits per heavy atom. The van der Waals surface area contributed by atoms with Crippen molar-refractivity contribution < 1.29 is 33.8 Å². The number of carbonyl (C=O) groups is 5. The number of piperidine rings is 1. The zero-order chi connectivity index (χ0) is 41.4. The summed E-state index contributed by atoms with van der Waals surface area (Å²) in [5.74, 6) is -0.705. The number of carbonyl (C=O) groups excluding carboxylic acids is 4. The molecule has 56 heavy (non-hydrogen) atoms. The van der Waals surface area contributed by atoms with Gasteiger partial charge in [0, 0.05) is 11.8 Å². The number of carboxylic acids is 1. The van der Waals surface area contributed by atoms with E-state index < -0.39 is 28.4 Å². The molecule has 0 bridgehead atoms. The summed E-state index contributed by atoms with van der Waals surface area (Å²) in [6.45, 7) is 25.0. The molecule has 0 aromatic rings. The van der Waals surface area contributed by atoms with E-state index in [1.54, 1.807) is 27.7 Å². The minimum absolute atomic E-state index is 0.00906. The van der Waals surface area contributed by atoms with Gasteiger partial charge in [0.15, 0.2) is 5.78 Å². The topological polar surface area (TPSA) is 142 Å². The number of amides is 2. The molecular formula is C46H73N3O7. The Balaban J connectivity index is 1.24. The fourth-order valence-corrected chi connectivity index (χ4v) is 13.7. The van der Waals surface area contributed by atoms with Gasteiger partial charge in [-0.3, -0.25) is 28.9 Å². The molecule has 5 fully saturated rings. The Bertz CT molecular complexity index is 1660. The van der Waals surface area contributed by atoms with Gasteiger partial charge in [0.25, 0.3) is 0 Å². The number of allylic oxidation sites excluding steroid dienone is 1. The second-order valence-corrected chi connectivity index (χ2v) is 21.9. The predicted octanol–water partition coefficient (Wildman–Crippen LogP) is 7.63. The summed E-state index contributed by atoms with van der Waals surface area (Å²) >= 11 is 0. The number of Topliss-reactive ketones (excluding diaryl/α,β-unsaturated/α-hetero) is 1. The predicted molar refractivity (Wildman–Crippen MR) is 216 cm³/mol. The van der Waals surface area contributed by atoms with E-state index >= 15 is 0 Å². The van der Waals surface area contributed by atoms with Crippen molar-refractivity contribution in [3.8, 4) is 0 Å². The number of fused-ring (bicyclic) bond motifs is 7. The van der Waals surface area contributed by atoms with E-state index in [0.29, 0.717) is 18.3 Å². The number of nitrogens with zero attached hydrogens (tertiary/aromatic N) is 1. The first kappa shape index (κ1) is 42.8. The normalized spacial score (nSPS) is 37.2. The Morgan fingerprint density at radius 3 is 2.14 bits per heavy atom. The molecule has 10 heteroatoms. The van der Waals surface area contributed by atoms with Crippen LogP contribution in [0.25, 0.3) is 0 Å². The molecule has 3 N–H and O–H groups in total. The van der Waals surface area contributed by atoms with Gasteiger partial charge >= 0.3 is 11.9 Å². The van der Waals surface area contributed by atoms with Gasteiger partial charge in [0.05, 0.1) is 23.9 Å². The highest BCUT2D eigenvalue weighted by molar-refractivity contribution is 6.03. The standard InChI is InChI=1S/C46H73N3O7/c1-28(2)36-30(50)25-46(48-38(53)42(7,8)47-34(51)27-49-23-13-12-14-24-49)22-21-44(10)29(37(36)46)15-16-32-43(9)19-18-33(56-35(52)26-40(3,4)39(54)55)41(5,6)31(43)17-20-45(32,44)11/h28-29,31-33H,12-27H2,1-11H3,(H,47,51)(H,48,53)(H,54,55)/t29-,31+,32-,33+,43+,44-,45-,46?/m1/s1. The van der Waals surface area contributed by atoms with Crippen LogP contribution in [0.1, 0.15) is 160 Å². The lowest BCUT2D eigenvalue weighted by Gasteiger charge is -2.72. The van der Waals surface area contributed by atoms with Crippen LogP contribution in [0, 0.1) is 50.7 Å². The first-order chi connectivity index (χ1) is 25.8. The molecule has 4 saturated carbocycles. The van der Waals surface area contributed by atoms with Gasteiger partial charge in [-0.05, 0) is 156 Å². The van der Waals surface area contributed by atoms with Crippen LogP contribution in [0.2, 0.25) is 0 Å². The molecule has 5 aliphatic carbocycles. The quantitative estimate of drug-likeness (QED) is 0.192. The number of aliphatic carboxylic acids is 1. The SMILES string of the molecule is CC(C)C1=C2[C@H]3CC[C@@H]4[C@@]5(C)CC[C@H](OC(=O)CC(C)(C)C(=O)O)C(C)(C)[C@@H]5CC[C@@]4(C)[C@]3(C)CCC2(NC(=O)C(C)(C)NC(=O)CN2CCCCC2)CC1=O. The van der Waals surface area contributed by atoms with Gasteiger partial charge in [0.1, 0.15) is 11.6 Å². The van der Waals surface area contributed by atoms with E-state index in [2.05, 4.69) is 64.0 Å². The maximum absolute atomic E-state index is 14.3. The molecule has 6 aliphatic rings. The molecular weight excluding hydrogens is 707 g/mol. The third-order valence-corrected chi connectivity index (χ3v) is 17.0. The molecule has 2 amide bonds. The lowest BCUT2D eigenvalue weighted by molar-refractivity contribution is -0.232. The zero-order valence-electron chi connectivity index (χ0n) is 36.5. The van der Waals surface area contributed by atoms with Crippen molar-refractivity contribution in [3.63, 3.8) is 0 Å². The van der Waals surface area contributed by atoms with Gasteiger partial charge in [-0.2, -0.15) is 0 Å². The number of esters is 1. The summed E-state index contributed by atoms with van der Waals surface area (Å²) in [5.41, 5.74) is -1.35. The number of carboxylic acid groups (broad SMARTS) is 1. The third kappa shape index (κ3) is 6.97. The van der Waals surface area contributed by atoms with Gasteiger partial charge < -0.3 is 20.5 Å². The van der Waals surface area contributed by atoms with E-state index in [1.807, 2.05) is 0 Å². The highest BCUT2D eigenvalue weighted by atomic mass is 16.5. The van der Waals surface area contributed by atoms with Crippen LogP contribution in [-0.4, -0.2) is 76.4 Å². The molecule has 0 aromatic carbocycles. The first-order valence-electron chi connectivity index (χ1n) is 21.9. The number of ether oxygens (including phenoxy) is 1. The number of ketones is 1.